The molecule has 3 aromatic rings. The summed E-state index contributed by atoms with van der Waals surface area (Å²) in [5, 5.41) is 11.3. The number of benzene rings is 1. The average molecular weight is 431 g/mol. The number of nitrogens with zero attached hydrogens (tertiary/aromatic N) is 2. The molecule has 1 fully saturated rings. The molecule has 1 aliphatic heterocycles. The summed E-state index contributed by atoms with van der Waals surface area (Å²) in [6, 6.07) is 11.5. The second-order valence-corrected chi connectivity index (χ2v) is 8.80. The average Bonchev–Trinajstić information content (AvgIpc) is 3.46. The minimum absolute atomic E-state index is 0.353. The van der Waals surface area contributed by atoms with Crippen LogP contribution in [-0.2, 0) is 17.8 Å². The number of carboxylic acid groups (broad SMARTS) is 1. The molecule has 1 aliphatic rings. The molecule has 29 heavy (non-hydrogen) atoms. The van der Waals surface area contributed by atoms with E-state index in [0.717, 1.165) is 46.5 Å². The summed E-state index contributed by atoms with van der Waals surface area (Å²) in [6.45, 7) is 2.99. The Labute approximate surface area is 177 Å². The molecule has 0 spiro atoms. The van der Waals surface area contributed by atoms with Crippen molar-refractivity contribution in [2.75, 3.05) is 18.2 Å². The van der Waals surface area contributed by atoms with Gasteiger partial charge in [0.05, 0.1) is 4.88 Å². The zero-order valence-electron chi connectivity index (χ0n) is 16.0. The van der Waals surface area contributed by atoms with E-state index in [2.05, 4.69) is 4.98 Å². The van der Waals surface area contributed by atoms with E-state index in [4.69, 9.17) is 9.15 Å². The highest BCUT2D eigenvalue weighted by Crippen LogP contribution is 2.27. The molecule has 1 aromatic carbocycles. The maximum atomic E-state index is 11.3. The molecule has 0 radical (unpaired) electrons. The number of aryl methyl sites for hydroxylation is 1. The van der Waals surface area contributed by atoms with Crippen LogP contribution >= 0.6 is 23.1 Å². The normalized spacial score (nSPS) is 16.9. The smallest absolute Gasteiger partial charge is 0.321 e. The standard InChI is InChI=1S/C21H22N2O4S2/c1-14-17(22-20(27-14)19-3-2-10-29-19)11-26-16-6-4-15(5-7-16)8-9-23-13-28-12-18(23)21(24)25/h2-7,10,18H,8-9,11-13H2,1H3,(H,24,25)/t18-/m0/s1. The molecule has 0 unspecified atom stereocenters. The Bertz CT molecular complexity index is 954. The van der Waals surface area contributed by atoms with Gasteiger partial charge in [-0.25, -0.2) is 4.98 Å². The van der Waals surface area contributed by atoms with Crippen molar-refractivity contribution in [2.24, 2.45) is 0 Å². The molecule has 152 valence electrons. The Hall–Kier alpha value is -2.29. The first-order valence-corrected chi connectivity index (χ1v) is 11.4. The van der Waals surface area contributed by atoms with Crippen LogP contribution in [0, 0.1) is 6.92 Å². The summed E-state index contributed by atoms with van der Waals surface area (Å²) in [4.78, 5) is 18.8. The van der Waals surface area contributed by atoms with Gasteiger partial charge in [0.25, 0.3) is 0 Å². The number of aromatic nitrogens is 1. The first kappa shape index (κ1) is 20.0. The third-order valence-electron chi connectivity index (χ3n) is 4.87. The van der Waals surface area contributed by atoms with E-state index < -0.39 is 5.97 Å². The first-order valence-electron chi connectivity index (χ1n) is 9.36. The number of rotatable bonds is 8. The maximum absolute atomic E-state index is 11.3. The van der Waals surface area contributed by atoms with Gasteiger partial charge in [-0.15, -0.1) is 23.1 Å². The third kappa shape index (κ3) is 4.83. The van der Waals surface area contributed by atoms with Crippen LogP contribution in [0.15, 0.2) is 46.2 Å². The molecule has 1 N–H and O–H groups in total. The van der Waals surface area contributed by atoms with Gasteiger partial charge in [-0.05, 0) is 42.5 Å². The summed E-state index contributed by atoms with van der Waals surface area (Å²) in [6.07, 6.45) is 0.817. The van der Waals surface area contributed by atoms with E-state index in [1.807, 2.05) is 53.6 Å². The topological polar surface area (TPSA) is 75.8 Å². The van der Waals surface area contributed by atoms with Crippen LogP contribution < -0.4 is 4.74 Å². The number of hydrogen-bond donors (Lipinski definition) is 1. The summed E-state index contributed by atoms with van der Waals surface area (Å²) in [5.41, 5.74) is 1.96. The highest BCUT2D eigenvalue weighted by molar-refractivity contribution is 7.99. The van der Waals surface area contributed by atoms with Gasteiger partial charge in [-0.3, -0.25) is 9.69 Å². The second-order valence-electron chi connectivity index (χ2n) is 6.85. The summed E-state index contributed by atoms with van der Waals surface area (Å²) in [5.74, 6) is 2.88. The molecule has 6 nitrogen and oxygen atoms in total. The highest BCUT2D eigenvalue weighted by atomic mass is 32.2. The van der Waals surface area contributed by atoms with E-state index in [1.165, 1.54) is 0 Å². The zero-order valence-corrected chi connectivity index (χ0v) is 17.7. The van der Waals surface area contributed by atoms with Crippen molar-refractivity contribution in [3.8, 4) is 16.5 Å². The van der Waals surface area contributed by atoms with Crippen molar-refractivity contribution in [1.82, 2.24) is 9.88 Å². The summed E-state index contributed by atoms with van der Waals surface area (Å²) >= 11 is 3.27. The van der Waals surface area contributed by atoms with Gasteiger partial charge in [0, 0.05) is 18.2 Å². The number of hydrogen-bond acceptors (Lipinski definition) is 7. The van der Waals surface area contributed by atoms with Gasteiger partial charge in [0.15, 0.2) is 0 Å². The van der Waals surface area contributed by atoms with Crippen molar-refractivity contribution >= 4 is 29.1 Å². The van der Waals surface area contributed by atoms with E-state index in [-0.39, 0.29) is 6.04 Å². The molecule has 1 saturated heterocycles. The predicted octanol–water partition coefficient (Wildman–Crippen LogP) is 4.29. The predicted molar refractivity (Wildman–Crippen MR) is 114 cm³/mol. The molecule has 0 aliphatic carbocycles. The van der Waals surface area contributed by atoms with Gasteiger partial charge < -0.3 is 14.3 Å². The lowest BCUT2D eigenvalue weighted by atomic mass is 10.1. The van der Waals surface area contributed by atoms with Gasteiger partial charge in [-0.2, -0.15) is 0 Å². The number of thioether (sulfide) groups is 1. The second kappa shape index (κ2) is 9.02. The fourth-order valence-corrected chi connectivity index (χ4v) is 5.04. The van der Waals surface area contributed by atoms with E-state index >= 15 is 0 Å². The van der Waals surface area contributed by atoms with Crippen LogP contribution in [-0.4, -0.2) is 45.2 Å². The van der Waals surface area contributed by atoms with Crippen molar-refractivity contribution < 1.29 is 19.1 Å². The summed E-state index contributed by atoms with van der Waals surface area (Å²) < 4.78 is 11.6. The lowest BCUT2D eigenvalue weighted by molar-refractivity contribution is -0.141. The summed E-state index contributed by atoms with van der Waals surface area (Å²) in [7, 11) is 0. The highest BCUT2D eigenvalue weighted by Gasteiger charge is 2.30. The molecule has 4 rings (SSSR count). The van der Waals surface area contributed by atoms with Crippen molar-refractivity contribution in [3.63, 3.8) is 0 Å². The van der Waals surface area contributed by atoms with Crippen LogP contribution in [0.1, 0.15) is 17.0 Å². The lowest BCUT2D eigenvalue weighted by Gasteiger charge is -2.19. The number of carbonyl (C=O) groups is 1. The molecule has 3 heterocycles. The van der Waals surface area contributed by atoms with Crippen molar-refractivity contribution in [2.45, 2.75) is 26.0 Å². The quantitative estimate of drug-likeness (QED) is 0.571. The first-order chi connectivity index (χ1) is 14.1. The SMILES string of the molecule is Cc1oc(-c2cccs2)nc1COc1ccc(CCN2CSC[C@H]2C(=O)O)cc1. The van der Waals surface area contributed by atoms with Crippen LogP contribution in [0.2, 0.25) is 0 Å². The van der Waals surface area contributed by atoms with Gasteiger partial charge in [0.1, 0.15) is 29.9 Å². The number of thiophene rings is 1. The lowest BCUT2D eigenvalue weighted by Crippen LogP contribution is -2.38. The Morgan fingerprint density at radius 3 is 2.90 bits per heavy atom. The molecule has 2 aromatic heterocycles. The van der Waals surface area contributed by atoms with E-state index in [0.29, 0.717) is 18.3 Å². The Kier molecular flexibility index (Phi) is 6.22. The van der Waals surface area contributed by atoms with Crippen LogP contribution in [0.3, 0.4) is 0 Å². The van der Waals surface area contributed by atoms with Crippen LogP contribution in [0.25, 0.3) is 10.8 Å². The van der Waals surface area contributed by atoms with Gasteiger partial charge in [-0.1, -0.05) is 18.2 Å². The van der Waals surface area contributed by atoms with Gasteiger partial charge in [0.2, 0.25) is 5.89 Å². The minimum Gasteiger partial charge on any atom is -0.487 e. The number of carboxylic acids is 1. The third-order valence-corrected chi connectivity index (χ3v) is 6.79. The molecule has 8 heteroatoms. The Morgan fingerprint density at radius 1 is 1.34 bits per heavy atom. The Morgan fingerprint density at radius 2 is 2.17 bits per heavy atom. The van der Waals surface area contributed by atoms with E-state index in [1.54, 1.807) is 23.1 Å². The fraction of sp³-hybridized carbons (Fsp3) is 0.333. The van der Waals surface area contributed by atoms with E-state index in [9.17, 15) is 9.90 Å². The number of ether oxygens (including phenoxy) is 1. The molecule has 0 amide bonds. The molecule has 0 saturated carbocycles. The maximum Gasteiger partial charge on any atom is 0.321 e. The molecule has 0 bridgehead atoms. The fourth-order valence-electron chi connectivity index (χ4n) is 3.17. The largest absolute Gasteiger partial charge is 0.487 e. The Balaban J connectivity index is 1.30. The van der Waals surface area contributed by atoms with Crippen LogP contribution in [0.4, 0.5) is 0 Å². The number of aliphatic carboxylic acids is 1. The number of oxazole rings is 1. The monoisotopic (exact) mass is 430 g/mol. The van der Waals surface area contributed by atoms with Gasteiger partial charge >= 0.3 is 5.97 Å². The van der Waals surface area contributed by atoms with Crippen LogP contribution in [0.5, 0.6) is 5.75 Å². The zero-order chi connectivity index (χ0) is 20.2. The molecular formula is C21H22N2O4S2. The minimum atomic E-state index is -0.732. The molecule has 1 atom stereocenters. The van der Waals surface area contributed by atoms with Crippen molar-refractivity contribution in [3.05, 3.63) is 58.8 Å². The molecular weight excluding hydrogens is 408 g/mol. The van der Waals surface area contributed by atoms with Crippen molar-refractivity contribution in [1.29, 1.82) is 0 Å².